The lowest BCUT2D eigenvalue weighted by molar-refractivity contribution is 0.299. The number of aromatic amines is 1. The first-order valence-electron chi connectivity index (χ1n) is 8.85. The summed E-state index contributed by atoms with van der Waals surface area (Å²) < 4.78 is 11.4. The number of para-hydroxylation sites is 1. The lowest BCUT2D eigenvalue weighted by Crippen LogP contribution is -2.12. The average molecular weight is 382 g/mol. The summed E-state index contributed by atoms with van der Waals surface area (Å²) in [5, 5.41) is 0.569. The Morgan fingerprint density at radius 2 is 1.74 bits per heavy atom. The van der Waals surface area contributed by atoms with Crippen molar-refractivity contribution in [3.63, 3.8) is 0 Å². The molecule has 0 radical (unpaired) electrons. The van der Waals surface area contributed by atoms with Crippen molar-refractivity contribution in [3.05, 3.63) is 82.3 Å². The van der Waals surface area contributed by atoms with E-state index >= 15 is 0 Å². The van der Waals surface area contributed by atoms with Gasteiger partial charge in [-0.15, -0.1) is 0 Å². The maximum Gasteiger partial charge on any atom is 0.251 e. The molecule has 1 N–H and O–H groups in total. The maximum absolute atomic E-state index is 11.8. The molecule has 1 heterocycles. The Kier molecular flexibility index (Phi) is 6.93. The fraction of sp³-hybridized carbons (Fsp3) is 0.238. The summed E-state index contributed by atoms with van der Waals surface area (Å²) in [6.45, 7) is 2.91. The van der Waals surface area contributed by atoms with E-state index < -0.39 is 0 Å². The number of hydrogen-bond acceptors (Lipinski definition) is 5. The van der Waals surface area contributed by atoms with Gasteiger partial charge in [0.25, 0.3) is 5.56 Å². The predicted molar refractivity (Wildman–Crippen MR) is 108 cm³/mol. The van der Waals surface area contributed by atoms with E-state index in [1.807, 2.05) is 42.5 Å². The molecule has 0 saturated heterocycles. The van der Waals surface area contributed by atoms with Crippen LogP contribution in [0.3, 0.4) is 0 Å². The topological polar surface area (TPSA) is 64.2 Å². The second-order valence-corrected chi connectivity index (χ2v) is 6.92. The van der Waals surface area contributed by atoms with Crippen molar-refractivity contribution in [2.75, 3.05) is 12.4 Å². The van der Waals surface area contributed by atoms with Crippen LogP contribution in [0.25, 0.3) is 0 Å². The van der Waals surface area contributed by atoms with Gasteiger partial charge >= 0.3 is 0 Å². The molecule has 0 aliphatic carbocycles. The summed E-state index contributed by atoms with van der Waals surface area (Å²) in [5.74, 6) is 2.28. The highest BCUT2D eigenvalue weighted by molar-refractivity contribution is 7.99. The summed E-state index contributed by atoms with van der Waals surface area (Å²) in [6.07, 6.45) is 1.01. The summed E-state index contributed by atoms with van der Waals surface area (Å²) in [7, 11) is 0. The van der Waals surface area contributed by atoms with Crippen LogP contribution in [-0.4, -0.2) is 22.3 Å². The van der Waals surface area contributed by atoms with E-state index in [1.54, 1.807) is 0 Å². The number of benzene rings is 2. The number of ether oxygens (including phenoxy) is 2. The number of aromatic nitrogens is 2. The molecule has 140 valence electrons. The molecule has 6 heteroatoms. The number of aryl methyl sites for hydroxylation is 1. The first-order chi connectivity index (χ1) is 13.2. The van der Waals surface area contributed by atoms with E-state index in [-0.39, 0.29) is 12.2 Å². The van der Waals surface area contributed by atoms with Crippen LogP contribution < -0.4 is 15.0 Å². The number of thioether (sulfide) groups is 1. The minimum absolute atomic E-state index is 0.185. The van der Waals surface area contributed by atoms with Crippen molar-refractivity contribution < 1.29 is 9.47 Å². The molecule has 0 amide bonds. The zero-order valence-corrected chi connectivity index (χ0v) is 16.0. The Balaban J connectivity index is 1.49. The van der Waals surface area contributed by atoms with E-state index in [9.17, 15) is 4.79 Å². The Hall–Kier alpha value is -2.73. The Labute approximate surface area is 162 Å². The van der Waals surface area contributed by atoms with Gasteiger partial charge in [-0.3, -0.25) is 4.79 Å². The quantitative estimate of drug-likeness (QED) is 0.343. The molecular weight excluding hydrogens is 360 g/mol. The third kappa shape index (κ3) is 6.18. The van der Waals surface area contributed by atoms with Crippen LogP contribution in [-0.2, 0) is 13.0 Å². The number of hydrogen-bond donors (Lipinski definition) is 1. The van der Waals surface area contributed by atoms with Crippen molar-refractivity contribution in [2.45, 2.75) is 25.1 Å². The van der Waals surface area contributed by atoms with Crippen LogP contribution in [0.15, 0.2) is 70.6 Å². The Morgan fingerprint density at radius 3 is 2.48 bits per heavy atom. The van der Waals surface area contributed by atoms with Crippen LogP contribution in [0.5, 0.6) is 11.5 Å². The molecule has 0 bridgehead atoms. The minimum atomic E-state index is -0.185. The number of nitrogens with zero attached hydrogens (tertiary/aromatic N) is 1. The van der Waals surface area contributed by atoms with E-state index in [0.29, 0.717) is 23.2 Å². The van der Waals surface area contributed by atoms with Gasteiger partial charge in [-0.2, -0.15) is 0 Å². The van der Waals surface area contributed by atoms with Crippen molar-refractivity contribution in [1.29, 1.82) is 0 Å². The van der Waals surface area contributed by atoms with E-state index in [0.717, 1.165) is 17.9 Å². The fourth-order valence-electron chi connectivity index (χ4n) is 2.42. The molecule has 0 spiro atoms. The second-order valence-electron chi connectivity index (χ2n) is 5.84. The van der Waals surface area contributed by atoms with Gasteiger partial charge in [-0.05, 0) is 36.2 Å². The van der Waals surface area contributed by atoms with Crippen molar-refractivity contribution >= 4 is 11.8 Å². The zero-order valence-electron chi connectivity index (χ0n) is 15.2. The van der Waals surface area contributed by atoms with Crippen molar-refractivity contribution in [3.8, 4) is 11.5 Å². The van der Waals surface area contributed by atoms with Gasteiger partial charge < -0.3 is 14.5 Å². The van der Waals surface area contributed by atoms with Crippen LogP contribution in [0.2, 0.25) is 0 Å². The molecule has 2 aromatic carbocycles. The molecule has 0 aliphatic heterocycles. The Morgan fingerprint density at radius 1 is 1.00 bits per heavy atom. The van der Waals surface area contributed by atoms with Gasteiger partial charge in [0.1, 0.15) is 18.1 Å². The maximum atomic E-state index is 11.8. The highest BCUT2D eigenvalue weighted by atomic mass is 32.2. The first-order valence-corrected chi connectivity index (χ1v) is 9.84. The standard InChI is InChI=1S/C21H22N2O3S/c1-2-16-8-10-19(11-9-16)25-12-13-27-21-22-17(14-20(24)23-21)15-26-18-6-4-3-5-7-18/h3-11,14H,2,12-13,15H2,1H3,(H,22,23,24). The highest BCUT2D eigenvalue weighted by Gasteiger charge is 2.04. The van der Waals surface area contributed by atoms with Gasteiger partial charge in [0.2, 0.25) is 0 Å². The van der Waals surface area contributed by atoms with Gasteiger partial charge in [0.15, 0.2) is 5.16 Å². The van der Waals surface area contributed by atoms with Gasteiger partial charge in [-0.25, -0.2) is 4.98 Å². The summed E-state index contributed by atoms with van der Waals surface area (Å²) >= 11 is 1.45. The van der Waals surface area contributed by atoms with Crippen LogP contribution in [0.1, 0.15) is 18.2 Å². The summed E-state index contributed by atoms with van der Waals surface area (Å²) in [6, 6.07) is 19.0. The van der Waals surface area contributed by atoms with Crippen molar-refractivity contribution in [1.82, 2.24) is 9.97 Å². The molecule has 0 atom stereocenters. The lowest BCUT2D eigenvalue weighted by atomic mass is 10.2. The number of rotatable bonds is 9. The first kappa shape index (κ1) is 19.0. The predicted octanol–water partition coefficient (Wildman–Crippen LogP) is 4.08. The molecular formula is C21H22N2O3S. The molecule has 0 saturated carbocycles. The smallest absolute Gasteiger partial charge is 0.251 e. The average Bonchev–Trinajstić information content (AvgIpc) is 2.70. The second kappa shape index (κ2) is 9.83. The van der Waals surface area contributed by atoms with E-state index in [2.05, 4.69) is 29.0 Å². The van der Waals surface area contributed by atoms with E-state index in [4.69, 9.17) is 9.47 Å². The monoisotopic (exact) mass is 382 g/mol. The molecule has 27 heavy (non-hydrogen) atoms. The van der Waals surface area contributed by atoms with Gasteiger partial charge in [-0.1, -0.05) is 49.0 Å². The van der Waals surface area contributed by atoms with Crippen LogP contribution >= 0.6 is 11.8 Å². The largest absolute Gasteiger partial charge is 0.493 e. The van der Waals surface area contributed by atoms with Crippen LogP contribution in [0.4, 0.5) is 0 Å². The molecule has 0 unspecified atom stereocenters. The fourth-order valence-corrected chi connectivity index (χ4v) is 3.13. The van der Waals surface area contributed by atoms with Gasteiger partial charge in [0, 0.05) is 11.8 Å². The van der Waals surface area contributed by atoms with Crippen molar-refractivity contribution in [2.24, 2.45) is 0 Å². The third-order valence-electron chi connectivity index (χ3n) is 3.83. The summed E-state index contributed by atoms with van der Waals surface area (Å²) in [4.78, 5) is 19.0. The van der Waals surface area contributed by atoms with E-state index in [1.165, 1.54) is 23.4 Å². The zero-order chi connectivity index (χ0) is 18.9. The lowest BCUT2D eigenvalue weighted by Gasteiger charge is -2.08. The molecule has 3 rings (SSSR count). The summed E-state index contributed by atoms with van der Waals surface area (Å²) in [5.41, 5.74) is 1.70. The Bertz CT molecular complexity index is 895. The molecule has 0 aliphatic rings. The molecule has 5 nitrogen and oxygen atoms in total. The van der Waals surface area contributed by atoms with Crippen LogP contribution in [0, 0.1) is 0 Å². The molecule has 3 aromatic rings. The minimum Gasteiger partial charge on any atom is -0.493 e. The highest BCUT2D eigenvalue weighted by Crippen LogP contribution is 2.16. The number of nitrogens with one attached hydrogen (secondary N) is 1. The number of H-pyrrole nitrogens is 1. The normalized spacial score (nSPS) is 10.6. The molecule has 1 aromatic heterocycles. The SMILES string of the molecule is CCc1ccc(OCCSc2nc(COc3ccccc3)cc(=O)[nH]2)cc1. The van der Waals surface area contributed by atoms with Gasteiger partial charge in [0.05, 0.1) is 12.3 Å². The molecule has 0 fully saturated rings. The third-order valence-corrected chi connectivity index (χ3v) is 4.66.